The van der Waals surface area contributed by atoms with Gasteiger partial charge in [0.25, 0.3) is 0 Å². The van der Waals surface area contributed by atoms with Gasteiger partial charge < -0.3 is 5.73 Å². The summed E-state index contributed by atoms with van der Waals surface area (Å²) in [5, 5.41) is 0. The molecule has 0 aromatic heterocycles. The van der Waals surface area contributed by atoms with Gasteiger partial charge in [0, 0.05) is 24.7 Å². The second-order valence-electron chi connectivity index (χ2n) is 7.32. The number of hydrogen-bond donors (Lipinski definition) is 1. The highest BCUT2D eigenvalue weighted by Crippen LogP contribution is 2.32. The van der Waals surface area contributed by atoms with Crippen LogP contribution >= 0.6 is 0 Å². The highest BCUT2D eigenvalue weighted by Gasteiger charge is 2.31. The van der Waals surface area contributed by atoms with Gasteiger partial charge in [-0.2, -0.15) is 0 Å². The Balaban J connectivity index is 1.63. The van der Waals surface area contributed by atoms with Crippen LogP contribution in [0.1, 0.15) is 70.6 Å². The highest BCUT2D eigenvalue weighted by atomic mass is 15.2. The van der Waals surface area contributed by atoms with E-state index in [-0.39, 0.29) is 0 Å². The van der Waals surface area contributed by atoms with Gasteiger partial charge in [-0.15, -0.1) is 0 Å². The van der Waals surface area contributed by atoms with E-state index in [4.69, 9.17) is 5.73 Å². The van der Waals surface area contributed by atoms with E-state index >= 15 is 0 Å². The Hall–Kier alpha value is -0.340. The smallest absolute Gasteiger partial charge is 0.0229 e. The van der Waals surface area contributed by atoms with Crippen molar-refractivity contribution < 1.29 is 0 Å². The van der Waals surface area contributed by atoms with E-state index in [2.05, 4.69) is 17.1 Å². The third-order valence-electron chi connectivity index (χ3n) is 5.74. The van der Waals surface area contributed by atoms with Crippen molar-refractivity contribution in [1.29, 1.82) is 0 Å². The standard InChI is InChI=1S/C18H32N2/c19-16-12-11-15(13-16)14-20(17-7-3-1-4-8-17)18-9-5-2-6-10-18/h11-12,15-18H,1-10,13-14,19H2. The lowest BCUT2D eigenvalue weighted by molar-refractivity contribution is 0.0699. The molecule has 0 amide bonds. The molecule has 0 radical (unpaired) electrons. The summed E-state index contributed by atoms with van der Waals surface area (Å²) in [6.45, 7) is 1.28. The molecule has 114 valence electrons. The molecule has 2 N–H and O–H groups in total. The second-order valence-corrected chi connectivity index (χ2v) is 7.32. The van der Waals surface area contributed by atoms with Crippen molar-refractivity contribution in [2.45, 2.75) is 88.8 Å². The number of nitrogens with two attached hydrogens (primary N) is 1. The van der Waals surface area contributed by atoms with Crippen LogP contribution < -0.4 is 5.73 Å². The molecule has 0 bridgehead atoms. The number of nitrogens with zero attached hydrogens (tertiary/aromatic N) is 1. The largest absolute Gasteiger partial charge is 0.324 e. The molecule has 3 rings (SSSR count). The predicted octanol–water partition coefficient (Wildman–Crippen LogP) is 3.86. The van der Waals surface area contributed by atoms with E-state index in [1.165, 1.54) is 77.2 Å². The maximum absolute atomic E-state index is 6.05. The molecule has 2 unspecified atom stereocenters. The van der Waals surface area contributed by atoms with Crippen LogP contribution in [0.4, 0.5) is 0 Å². The molecule has 2 fully saturated rings. The first-order valence-electron chi connectivity index (χ1n) is 9.02. The van der Waals surface area contributed by atoms with Crippen molar-refractivity contribution in [2.24, 2.45) is 11.7 Å². The quantitative estimate of drug-likeness (QED) is 0.790. The van der Waals surface area contributed by atoms with E-state index in [1.807, 2.05) is 0 Å². The highest BCUT2D eigenvalue weighted by molar-refractivity contribution is 5.06. The Kier molecular flexibility index (Phi) is 5.17. The lowest BCUT2D eigenvalue weighted by atomic mass is 9.87. The van der Waals surface area contributed by atoms with Gasteiger partial charge in [0.2, 0.25) is 0 Å². The minimum Gasteiger partial charge on any atom is -0.324 e. The zero-order valence-corrected chi connectivity index (χ0v) is 13.0. The molecule has 3 aliphatic carbocycles. The molecule has 3 aliphatic rings. The predicted molar refractivity (Wildman–Crippen MR) is 85.7 cm³/mol. The summed E-state index contributed by atoms with van der Waals surface area (Å²) in [6, 6.07) is 2.06. The third kappa shape index (κ3) is 3.65. The summed E-state index contributed by atoms with van der Waals surface area (Å²) in [4.78, 5) is 2.92. The number of hydrogen-bond acceptors (Lipinski definition) is 2. The van der Waals surface area contributed by atoms with Crippen LogP contribution in [-0.4, -0.2) is 29.6 Å². The van der Waals surface area contributed by atoms with Crippen molar-refractivity contribution in [1.82, 2.24) is 4.90 Å². The summed E-state index contributed by atoms with van der Waals surface area (Å²) in [6.07, 6.45) is 20.3. The molecule has 20 heavy (non-hydrogen) atoms. The second kappa shape index (κ2) is 7.09. The Morgan fingerprint density at radius 3 is 1.80 bits per heavy atom. The van der Waals surface area contributed by atoms with Gasteiger partial charge in [0.1, 0.15) is 0 Å². The van der Waals surface area contributed by atoms with Crippen molar-refractivity contribution in [3.05, 3.63) is 12.2 Å². The summed E-state index contributed by atoms with van der Waals surface area (Å²) in [5.41, 5.74) is 6.05. The fourth-order valence-electron chi connectivity index (χ4n) is 4.63. The Bertz CT molecular complexity index is 295. The molecule has 2 atom stereocenters. The summed E-state index contributed by atoms with van der Waals surface area (Å²) >= 11 is 0. The first kappa shape index (κ1) is 14.6. The molecular formula is C18H32N2. The first-order chi connectivity index (χ1) is 9.83. The average molecular weight is 276 g/mol. The van der Waals surface area contributed by atoms with Crippen LogP contribution in [0.25, 0.3) is 0 Å². The molecule has 0 aromatic rings. The van der Waals surface area contributed by atoms with E-state index in [9.17, 15) is 0 Å². The molecule has 0 aromatic carbocycles. The lowest BCUT2D eigenvalue weighted by Crippen LogP contribution is -2.47. The molecular weight excluding hydrogens is 244 g/mol. The third-order valence-corrected chi connectivity index (χ3v) is 5.74. The monoisotopic (exact) mass is 276 g/mol. The summed E-state index contributed by atoms with van der Waals surface area (Å²) < 4.78 is 0. The van der Waals surface area contributed by atoms with Gasteiger partial charge in [-0.25, -0.2) is 0 Å². The topological polar surface area (TPSA) is 29.3 Å². The van der Waals surface area contributed by atoms with Gasteiger partial charge in [-0.05, 0) is 38.0 Å². The SMILES string of the molecule is NC1C=CC(CN(C2CCCCC2)C2CCCCC2)C1. The van der Waals surface area contributed by atoms with E-state index < -0.39 is 0 Å². The van der Waals surface area contributed by atoms with Crippen LogP contribution in [0.15, 0.2) is 12.2 Å². The van der Waals surface area contributed by atoms with Crippen molar-refractivity contribution in [2.75, 3.05) is 6.54 Å². The van der Waals surface area contributed by atoms with Crippen molar-refractivity contribution in [3.63, 3.8) is 0 Å². The first-order valence-corrected chi connectivity index (χ1v) is 9.02. The number of rotatable bonds is 4. The lowest BCUT2D eigenvalue weighted by Gasteiger charge is -2.43. The van der Waals surface area contributed by atoms with Crippen LogP contribution in [0.2, 0.25) is 0 Å². The molecule has 0 aliphatic heterocycles. The molecule has 2 saturated carbocycles. The molecule has 0 saturated heterocycles. The zero-order valence-electron chi connectivity index (χ0n) is 13.0. The van der Waals surface area contributed by atoms with E-state index in [1.54, 1.807) is 0 Å². The molecule has 0 heterocycles. The van der Waals surface area contributed by atoms with Gasteiger partial charge in [0.15, 0.2) is 0 Å². The van der Waals surface area contributed by atoms with Crippen LogP contribution in [0.5, 0.6) is 0 Å². The Morgan fingerprint density at radius 1 is 0.800 bits per heavy atom. The van der Waals surface area contributed by atoms with Crippen molar-refractivity contribution in [3.8, 4) is 0 Å². The fourth-order valence-corrected chi connectivity index (χ4v) is 4.63. The summed E-state index contributed by atoms with van der Waals surface area (Å²) in [5.74, 6) is 0.717. The maximum atomic E-state index is 6.05. The van der Waals surface area contributed by atoms with E-state index in [0.717, 1.165) is 12.1 Å². The zero-order chi connectivity index (χ0) is 13.8. The van der Waals surface area contributed by atoms with Crippen LogP contribution in [0, 0.1) is 5.92 Å². The molecule has 2 nitrogen and oxygen atoms in total. The molecule has 2 heteroatoms. The molecule has 0 spiro atoms. The maximum Gasteiger partial charge on any atom is 0.0229 e. The van der Waals surface area contributed by atoms with Crippen LogP contribution in [-0.2, 0) is 0 Å². The van der Waals surface area contributed by atoms with Gasteiger partial charge in [0.05, 0.1) is 0 Å². The van der Waals surface area contributed by atoms with Gasteiger partial charge in [-0.1, -0.05) is 50.7 Å². The summed E-state index contributed by atoms with van der Waals surface area (Å²) in [7, 11) is 0. The Morgan fingerprint density at radius 2 is 1.35 bits per heavy atom. The van der Waals surface area contributed by atoms with E-state index in [0.29, 0.717) is 12.0 Å². The van der Waals surface area contributed by atoms with Crippen molar-refractivity contribution >= 4 is 0 Å². The minimum atomic E-state index is 0.319. The normalized spacial score (nSPS) is 33.1. The van der Waals surface area contributed by atoms with Gasteiger partial charge >= 0.3 is 0 Å². The minimum absolute atomic E-state index is 0.319. The fraction of sp³-hybridized carbons (Fsp3) is 0.889. The van der Waals surface area contributed by atoms with Crippen LogP contribution in [0.3, 0.4) is 0 Å². The average Bonchev–Trinajstić information content (AvgIpc) is 2.92. The Labute approximate surface area is 124 Å². The van der Waals surface area contributed by atoms with Gasteiger partial charge in [-0.3, -0.25) is 4.90 Å².